The number of hydrogen-bond acceptors (Lipinski definition) is 3. The van der Waals surface area contributed by atoms with Gasteiger partial charge in [-0.1, -0.05) is 0 Å². The normalized spacial score (nSPS) is 21.3. The van der Waals surface area contributed by atoms with E-state index in [1.165, 1.54) is 12.8 Å². The van der Waals surface area contributed by atoms with Crippen LogP contribution in [0.1, 0.15) is 19.3 Å². The van der Waals surface area contributed by atoms with Gasteiger partial charge in [0, 0.05) is 20.6 Å². The molecule has 0 radical (unpaired) electrons. The first kappa shape index (κ1) is 12.5. The van der Waals surface area contributed by atoms with Crippen molar-refractivity contribution in [3.8, 4) is 0 Å². The van der Waals surface area contributed by atoms with Crippen LogP contribution in [-0.2, 0) is 9.53 Å². The van der Waals surface area contributed by atoms with Crippen LogP contribution in [0.4, 0.5) is 0 Å². The van der Waals surface area contributed by atoms with Gasteiger partial charge in [0.1, 0.15) is 0 Å². The van der Waals surface area contributed by atoms with E-state index in [-0.39, 0.29) is 5.91 Å². The van der Waals surface area contributed by atoms with E-state index in [0.29, 0.717) is 18.9 Å². The van der Waals surface area contributed by atoms with Gasteiger partial charge in [-0.25, -0.2) is 0 Å². The van der Waals surface area contributed by atoms with Gasteiger partial charge in [0.15, 0.2) is 0 Å². The monoisotopic (exact) mass is 214 g/mol. The van der Waals surface area contributed by atoms with Crippen molar-refractivity contribution < 1.29 is 9.53 Å². The molecule has 0 bridgehead atoms. The van der Waals surface area contributed by atoms with Crippen LogP contribution < -0.4 is 5.32 Å². The lowest BCUT2D eigenvalue weighted by molar-refractivity contribution is -0.129. The van der Waals surface area contributed by atoms with Gasteiger partial charge < -0.3 is 15.0 Å². The first-order valence-corrected chi connectivity index (χ1v) is 5.68. The number of hydrogen-bond donors (Lipinski definition) is 1. The molecule has 15 heavy (non-hydrogen) atoms. The van der Waals surface area contributed by atoms with Crippen molar-refractivity contribution in [1.82, 2.24) is 10.2 Å². The third-order valence-electron chi connectivity index (χ3n) is 2.71. The molecule has 1 N–H and O–H groups in total. The summed E-state index contributed by atoms with van der Waals surface area (Å²) in [4.78, 5) is 12.8. The maximum atomic E-state index is 11.2. The molecule has 0 aromatic heterocycles. The Morgan fingerprint density at radius 1 is 1.53 bits per heavy atom. The van der Waals surface area contributed by atoms with Gasteiger partial charge in [-0.3, -0.25) is 4.79 Å². The highest BCUT2D eigenvalue weighted by molar-refractivity contribution is 5.75. The summed E-state index contributed by atoms with van der Waals surface area (Å²) in [6.07, 6.45) is 2.98. The van der Waals surface area contributed by atoms with Crippen molar-refractivity contribution in [3.63, 3.8) is 0 Å². The van der Waals surface area contributed by atoms with Crippen LogP contribution in [0.15, 0.2) is 0 Å². The minimum absolute atomic E-state index is 0.136. The average Bonchev–Trinajstić information content (AvgIpc) is 2.25. The molecule has 0 aromatic rings. The van der Waals surface area contributed by atoms with Gasteiger partial charge in [0.05, 0.1) is 19.6 Å². The second-order valence-electron chi connectivity index (χ2n) is 4.33. The van der Waals surface area contributed by atoms with Crippen LogP contribution in [0.25, 0.3) is 0 Å². The third kappa shape index (κ3) is 5.14. The molecule has 0 spiro atoms. The fraction of sp³-hybridized carbons (Fsp3) is 0.909. The molecule has 4 nitrogen and oxygen atoms in total. The SMILES string of the molecule is CN(C)C(=O)CCOCC1CCCNC1. The van der Waals surface area contributed by atoms with E-state index in [1.807, 2.05) is 0 Å². The maximum absolute atomic E-state index is 11.2. The smallest absolute Gasteiger partial charge is 0.224 e. The van der Waals surface area contributed by atoms with Gasteiger partial charge in [-0.05, 0) is 25.3 Å². The Balaban J connectivity index is 1.98. The van der Waals surface area contributed by atoms with Gasteiger partial charge in [-0.15, -0.1) is 0 Å². The second-order valence-corrected chi connectivity index (χ2v) is 4.33. The predicted molar refractivity (Wildman–Crippen MR) is 59.7 cm³/mol. The summed E-state index contributed by atoms with van der Waals surface area (Å²) in [6, 6.07) is 0. The van der Waals surface area contributed by atoms with E-state index < -0.39 is 0 Å². The summed E-state index contributed by atoms with van der Waals surface area (Å²) in [5.41, 5.74) is 0. The minimum atomic E-state index is 0.136. The number of carbonyl (C=O) groups excluding carboxylic acids is 1. The lowest BCUT2D eigenvalue weighted by Crippen LogP contribution is -2.32. The highest BCUT2D eigenvalue weighted by Crippen LogP contribution is 2.09. The molecule has 0 saturated carbocycles. The Labute approximate surface area is 92.0 Å². The number of nitrogens with one attached hydrogen (secondary N) is 1. The predicted octanol–water partition coefficient (Wildman–Crippen LogP) is 0.481. The molecule has 1 aliphatic heterocycles. The Bertz CT molecular complexity index is 189. The molecule has 1 unspecified atom stereocenters. The largest absolute Gasteiger partial charge is 0.381 e. The second kappa shape index (κ2) is 6.80. The van der Waals surface area contributed by atoms with E-state index in [2.05, 4.69) is 5.32 Å². The zero-order valence-electron chi connectivity index (χ0n) is 9.79. The first-order valence-electron chi connectivity index (χ1n) is 5.68. The van der Waals surface area contributed by atoms with E-state index in [0.717, 1.165) is 19.7 Å². The summed E-state index contributed by atoms with van der Waals surface area (Å²) in [5.74, 6) is 0.768. The number of nitrogens with zero attached hydrogens (tertiary/aromatic N) is 1. The molecule has 1 heterocycles. The summed E-state index contributed by atoms with van der Waals surface area (Å²) >= 11 is 0. The van der Waals surface area contributed by atoms with Crippen LogP contribution in [0.5, 0.6) is 0 Å². The molecular weight excluding hydrogens is 192 g/mol. The fourth-order valence-corrected chi connectivity index (χ4v) is 1.70. The lowest BCUT2D eigenvalue weighted by Gasteiger charge is -2.22. The third-order valence-corrected chi connectivity index (χ3v) is 2.71. The van der Waals surface area contributed by atoms with E-state index in [1.54, 1.807) is 19.0 Å². The average molecular weight is 214 g/mol. The van der Waals surface area contributed by atoms with Crippen LogP contribution in [-0.4, -0.2) is 51.2 Å². The Morgan fingerprint density at radius 3 is 2.93 bits per heavy atom. The molecule has 1 saturated heterocycles. The summed E-state index contributed by atoms with van der Waals surface area (Å²) < 4.78 is 5.51. The Morgan fingerprint density at radius 2 is 2.33 bits per heavy atom. The van der Waals surface area contributed by atoms with Crippen LogP contribution in [0.2, 0.25) is 0 Å². The quantitative estimate of drug-likeness (QED) is 0.677. The van der Waals surface area contributed by atoms with Gasteiger partial charge >= 0.3 is 0 Å². The molecule has 1 rings (SSSR count). The van der Waals surface area contributed by atoms with E-state index >= 15 is 0 Å². The molecule has 1 aliphatic rings. The highest BCUT2D eigenvalue weighted by Gasteiger charge is 2.13. The molecule has 88 valence electrons. The molecule has 4 heteroatoms. The van der Waals surface area contributed by atoms with Crippen LogP contribution in [0, 0.1) is 5.92 Å². The Kier molecular flexibility index (Phi) is 5.65. The molecule has 0 aromatic carbocycles. The Hall–Kier alpha value is -0.610. The van der Waals surface area contributed by atoms with Gasteiger partial charge in [0.2, 0.25) is 5.91 Å². The van der Waals surface area contributed by atoms with Crippen molar-refractivity contribution in [2.75, 3.05) is 40.4 Å². The van der Waals surface area contributed by atoms with Crippen LogP contribution >= 0.6 is 0 Å². The molecule has 1 fully saturated rings. The number of piperidine rings is 1. The van der Waals surface area contributed by atoms with Crippen molar-refractivity contribution in [2.24, 2.45) is 5.92 Å². The topological polar surface area (TPSA) is 41.6 Å². The van der Waals surface area contributed by atoms with Crippen LogP contribution in [0.3, 0.4) is 0 Å². The minimum Gasteiger partial charge on any atom is -0.381 e. The van der Waals surface area contributed by atoms with Crippen molar-refractivity contribution in [2.45, 2.75) is 19.3 Å². The van der Waals surface area contributed by atoms with Gasteiger partial charge in [0.25, 0.3) is 0 Å². The highest BCUT2D eigenvalue weighted by atomic mass is 16.5. The zero-order valence-corrected chi connectivity index (χ0v) is 9.79. The van der Waals surface area contributed by atoms with Crippen molar-refractivity contribution >= 4 is 5.91 Å². The molecule has 1 atom stereocenters. The lowest BCUT2D eigenvalue weighted by atomic mass is 10.0. The van der Waals surface area contributed by atoms with E-state index in [4.69, 9.17) is 4.74 Å². The van der Waals surface area contributed by atoms with E-state index in [9.17, 15) is 4.79 Å². The summed E-state index contributed by atoms with van der Waals surface area (Å²) in [7, 11) is 3.54. The van der Waals surface area contributed by atoms with Crippen molar-refractivity contribution in [1.29, 1.82) is 0 Å². The van der Waals surface area contributed by atoms with Gasteiger partial charge in [-0.2, -0.15) is 0 Å². The van der Waals surface area contributed by atoms with Crippen molar-refractivity contribution in [3.05, 3.63) is 0 Å². The summed E-state index contributed by atoms with van der Waals surface area (Å²) in [6.45, 7) is 3.53. The standard InChI is InChI=1S/C11H22N2O2/c1-13(2)11(14)5-7-15-9-10-4-3-6-12-8-10/h10,12H,3-9H2,1-2H3. The maximum Gasteiger partial charge on any atom is 0.224 e. The number of carbonyl (C=O) groups is 1. The fourth-order valence-electron chi connectivity index (χ4n) is 1.70. The number of amides is 1. The number of ether oxygens (including phenoxy) is 1. The molecular formula is C11H22N2O2. The summed E-state index contributed by atoms with van der Waals surface area (Å²) in [5, 5.41) is 3.35. The first-order chi connectivity index (χ1) is 7.20. The molecule has 1 amide bonds. The molecule has 0 aliphatic carbocycles. The zero-order chi connectivity index (χ0) is 11.1. The number of rotatable bonds is 5.